The number of hydrogen-bond donors (Lipinski definition) is 1. The van der Waals surface area contributed by atoms with Gasteiger partial charge in [0, 0.05) is 11.6 Å². The summed E-state index contributed by atoms with van der Waals surface area (Å²) in [4.78, 5) is 8.96. The Balaban J connectivity index is 1.41. The third-order valence-corrected chi connectivity index (χ3v) is 4.41. The van der Waals surface area contributed by atoms with Crippen LogP contribution in [0.5, 0.6) is 17.2 Å². The molecule has 0 saturated heterocycles. The first-order valence-corrected chi connectivity index (χ1v) is 9.03. The molecule has 1 aromatic heterocycles. The van der Waals surface area contributed by atoms with Crippen molar-refractivity contribution in [2.45, 2.75) is 20.1 Å². The van der Waals surface area contributed by atoms with Gasteiger partial charge in [0.1, 0.15) is 30.5 Å². The second kappa shape index (κ2) is 7.96. The fourth-order valence-corrected chi connectivity index (χ4v) is 2.87. The quantitative estimate of drug-likeness (QED) is 0.527. The lowest BCUT2D eigenvalue weighted by Crippen LogP contribution is -2.00. The number of phenols is 1. The van der Waals surface area contributed by atoms with Crippen LogP contribution in [0.1, 0.15) is 16.8 Å². The summed E-state index contributed by atoms with van der Waals surface area (Å²) in [6.07, 6.45) is 1.73. The van der Waals surface area contributed by atoms with E-state index >= 15 is 0 Å². The molecule has 0 bridgehead atoms. The molecule has 0 fully saturated rings. The van der Waals surface area contributed by atoms with Crippen LogP contribution in [0.4, 0.5) is 0 Å². The van der Waals surface area contributed by atoms with E-state index in [1.165, 1.54) is 0 Å². The lowest BCUT2D eigenvalue weighted by Gasteiger charge is -2.11. The monoisotopic (exact) mass is 372 g/mol. The molecule has 5 heteroatoms. The van der Waals surface area contributed by atoms with E-state index in [1.807, 2.05) is 73.7 Å². The van der Waals surface area contributed by atoms with Crippen molar-refractivity contribution in [1.29, 1.82) is 0 Å². The SMILES string of the molecule is Cc1cccc(COc2cccc(OCc3cnc4ccccc4n3)c2)c1O. The third kappa shape index (κ3) is 4.04. The largest absolute Gasteiger partial charge is 0.507 e. The molecule has 0 atom stereocenters. The maximum atomic E-state index is 10.1. The van der Waals surface area contributed by atoms with Crippen molar-refractivity contribution in [3.05, 3.63) is 89.7 Å². The van der Waals surface area contributed by atoms with Gasteiger partial charge in [0.25, 0.3) is 0 Å². The molecule has 0 saturated carbocycles. The summed E-state index contributed by atoms with van der Waals surface area (Å²) in [7, 11) is 0. The fourth-order valence-electron chi connectivity index (χ4n) is 2.87. The normalized spacial score (nSPS) is 10.8. The number of para-hydroxylation sites is 3. The van der Waals surface area contributed by atoms with Crippen LogP contribution in [0.25, 0.3) is 11.0 Å². The predicted molar refractivity (Wildman–Crippen MR) is 107 cm³/mol. The van der Waals surface area contributed by atoms with Gasteiger partial charge in [-0.1, -0.05) is 36.4 Å². The van der Waals surface area contributed by atoms with E-state index in [-0.39, 0.29) is 12.4 Å². The third-order valence-electron chi connectivity index (χ3n) is 4.41. The van der Waals surface area contributed by atoms with Gasteiger partial charge in [-0.15, -0.1) is 0 Å². The van der Waals surface area contributed by atoms with E-state index in [1.54, 1.807) is 6.20 Å². The first-order chi connectivity index (χ1) is 13.7. The number of aromatic nitrogens is 2. The molecule has 0 aliphatic rings. The summed E-state index contributed by atoms with van der Waals surface area (Å²) < 4.78 is 11.7. The predicted octanol–water partition coefficient (Wildman–Crippen LogP) is 4.80. The van der Waals surface area contributed by atoms with E-state index in [2.05, 4.69) is 9.97 Å². The van der Waals surface area contributed by atoms with E-state index < -0.39 is 0 Å². The molecule has 0 amide bonds. The van der Waals surface area contributed by atoms with Gasteiger partial charge in [-0.25, -0.2) is 4.98 Å². The second-order valence-corrected chi connectivity index (χ2v) is 6.48. The summed E-state index contributed by atoms with van der Waals surface area (Å²) in [5, 5.41) is 10.1. The molecule has 4 aromatic rings. The highest BCUT2D eigenvalue weighted by atomic mass is 16.5. The minimum absolute atomic E-state index is 0.268. The molecular weight excluding hydrogens is 352 g/mol. The smallest absolute Gasteiger partial charge is 0.132 e. The van der Waals surface area contributed by atoms with Crippen LogP contribution in [0.3, 0.4) is 0 Å². The topological polar surface area (TPSA) is 64.5 Å². The molecule has 0 aliphatic heterocycles. The molecule has 28 heavy (non-hydrogen) atoms. The van der Waals surface area contributed by atoms with Crippen molar-refractivity contribution in [3.63, 3.8) is 0 Å². The molecular formula is C23H20N2O3. The zero-order chi connectivity index (χ0) is 19.3. The van der Waals surface area contributed by atoms with E-state index in [0.29, 0.717) is 18.1 Å². The summed E-state index contributed by atoms with van der Waals surface area (Å²) in [6, 6.07) is 20.8. The number of fused-ring (bicyclic) bond motifs is 1. The zero-order valence-corrected chi connectivity index (χ0v) is 15.5. The number of aryl methyl sites for hydroxylation is 1. The molecule has 0 radical (unpaired) electrons. The summed E-state index contributed by atoms with van der Waals surface area (Å²) in [5.41, 5.74) is 4.04. The number of benzene rings is 3. The number of nitrogens with zero attached hydrogens (tertiary/aromatic N) is 2. The maximum absolute atomic E-state index is 10.1. The highest BCUT2D eigenvalue weighted by Crippen LogP contribution is 2.25. The first kappa shape index (κ1) is 17.8. The summed E-state index contributed by atoms with van der Waals surface area (Å²) in [5.74, 6) is 1.62. The Hall–Kier alpha value is -3.60. The number of rotatable bonds is 6. The fraction of sp³-hybridized carbons (Fsp3) is 0.130. The molecule has 0 aliphatic carbocycles. The Kier molecular flexibility index (Phi) is 5.06. The van der Waals surface area contributed by atoms with Gasteiger partial charge in [-0.05, 0) is 36.8 Å². The molecule has 0 spiro atoms. The van der Waals surface area contributed by atoms with Crippen LogP contribution >= 0.6 is 0 Å². The van der Waals surface area contributed by atoms with Crippen molar-refractivity contribution in [1.82, 2.24) is 9.97 Å². The summed E-state index contributed by atoms with van der Waals surface area (Å²) in [6.45, 7) is 2.47. The van der Waals surface area contributed by atoms with Gasteiger partial charge >= 0.3 is 0 Å². The van der Waals surface area contributed by atoms with Crippen molar-refractivity contribution < 1.29 is 14.6 Å². The van der Waals surface area contributed by atoms with Crippen LogP contribution in [0, 0.1) is 6.92 Å². The van der Waals surface area contributed by atoms with Gasteiger partial charge in [0.2, 0.25) is 0 Å². The van der Waals surface area contributed by atoms with Crippen LogP contribution < -0.4 is 9.47 Å². The number of ether oxygens (including phenoxy) is 2. The van der Waals surface area contributed by atoms with Crippen molar-refractivity contribution in [2.75, 3.05) is 0 Å². The minimum Gasteiger partial charge on any atom is -0.507 e. The van der Waals surface area contributed by atoms with E-state index in [4.69, 9.17) is 9.47 Å². The molecule has 0 unspecified atom stereocenters. The summed E-state index contributed by atoms with van der Waals surface area (Å²) >= 11 is 0. The van der Waals surface area contributed by atoms with Gasteiger partial charge < -0.3 is 14.6 Å². The Morgan fingerprint density at radius 1 is 0.821 bits per heavy atom. The van der Waals surface area contributed by atoms with Crippen molar-refractivity contribution in [3.8, 4) is 17.2 Å². The molecule has 1 heterocycles. The Morgan fingerprint density at radius 3 is 2.36 bits per heavy atom. The minimum atomic E-state index is 0.268. The lowest BCUT2D eigenvalue weighted by atomic mass is 10.1. The van der Waals surface area contributed by atoms with Crippen LogP contribution in [-0.4, -0.2) is 15.1 Å². The van der Waals surface area contributed by atoms with Gasteiger partial charge in [0.05, 0.1) is 22.9 Å². The number of phenolic OH excluding ortho intramolecular Hbond substituents is 1. The highest BCUT2D eigenvalue weighted by Gasteiger charge is 2.06. The second-order valence-electron chi connectivity index (χ2n) is 6.48. The van der Waals surface area contributed by atoms with E-state index in [0.717, 1.165) is 27.9 Å². The molecule has 1 N–H and O–H groups in total. The standard InChI is InChI=1S/C23H20N2O3/c1-16-6-4-7-17(23(16)26)14-27-19-8-5-9-20(12-19)28-15-18-13-24-21-10-2-3-11-22(21)25-18/h2-13,26H,14-15H2,1H3. The van der Waals surface area contributed by atoms with Crippen LogP contribution in [0.2, 0.25) is 0 Å². The Morgan fingerprint density at radius 2 is 1.54 bits per heavy atom. The van der Waals surface area contributed by atoms with Gasteiger partial charge in [0.15, 0.2) is 0 Å². The number of aromatic hydroxyl groups is 1. The Bertz CT molecular complexity index is 1110. The molecule has 140 valence electrons. The van der Waals surface area contributed by atoms with Crippen molar-refractivity contribution >= 4 is 11.0 Å². The average Bonchev–Trinajstić information content (AvgIpc) is 2.73. The number of hydrogen-bond acceptors (Lipinski definition) is 5. The first-order valence-electron chi connectivity index (χ1n) is 9.03. The van der Waals surface area contributed by atoms with Crippen LogP contribution in [0.15, 0.2) is 72.9 Å². The molecule has 3 aromatic carbocycles. The lowest BCUT2D eigenvalue weighted by molar-refractivity contribution is 0.284. The van der Waals surface area contributed by atoms with Gasteiger partial charge in [-0.3, -0.25) is 4.98 Å². The van der Waals surface area contributed by atoms with E-state index in [9.17, 15) is 5.11 Å². The van der Waals surface area contributed by atoms with Crippen LogP contribution in [-0.2, 0) is 13.2 Å². The molecule has 5 nitrogen and oxygen atoms in total. The average molecular weight is 372 g/mol. The highest BCUT2D eigenvalue weighted by molar-refractivity contribution is 5.73. The van der Waals surface area contributed by atoms with Crippen molar-refractivity contribution in [2.24, 2.45) is 0 Å². The van der Waals surface area contributed by atoms with Gasteiger partial charge in [-0.2, -0.15) is 0 Å². The zero-order valence-electron chi connectivity index (χ0n) is 15.5. The maximum Gasteiger partial charge on any atom is 0.132 e. The Labute approximate surface area is 163 Å². The molecule has 4 rings (SSSR count).